The third-order valence-electron chi connectivity index (χ3n) is 1.60. The van der Waals surface area contributed by atoms with Crippen LogP contribution >= 0.6 is 0 Å². The van der Waals surface area contributed by atoms with Gasteiger partial charge in [0.25, 0.3) is 0 Å². The first kappa shape index (κ1) is 6.15. The highest BCUT2D eigenvalue weighted by Crippen LogP contribution is 1.93. The molecule has 0 atom stereocenters. The Morgan fingerprint density at radius 3 is 3.18 bits per heavy atom. The Hall–Kier alpha value is -1.58. The quantitative estimate of drug-likeness (QED) is 0.530. The van der Waals surface area contributed by atoms with Crippen molar-refractivity contribution in [3.8, 4) is 0 Å². The SMILES string of the molecule is Cn1cnc2cccn2c1=O. The maximum absolute atomic E-state index is 11.3. The first-order valence-corrected chi connectivity index (χ1v) is 3.28. The molecule has 2 rings (SSSR count). The van der Waals surface area contributed by atoms with Gasteiger partial charge in [-0.2, -0.15) is 0 Å². The summed E-state index contributed by atoms with van der Waals surface area (Å²) in [5.74, 6) is 0. The normalized spacial score (nSPS) is 10.6. The van der Waals surface area contributed by atoms with Crippen molar-refractivity contribution in [2.24, 2.45) is 7.05 Å². The summed E-state index contributed by atoms with van der Waals surface area (Å²) in [5.41, 5.74) is 0.619. The summed E-state index contributed by atoms with van der Waals surface area (Å²) in [6.07, 6.45) is 3.21. The number of nitrogens with zero attached hydrogens (tertiary/aromatic N) is 3. The van der Waals surface area contributed by atoms with Crippen LogP contribution < -0.4 is 5.69 Å². The lowest BCUT2D eigenvalue weighted by Gasteiger charge is -1.96. The highest BCUT2D eigenvalue weighted by atomic mass is 16.1. The number of rotatable bonds is 0. The van der Waals surface area contributed by atoms with E-state index in [2.05, 4.69) is 4.98 Å². The van der Waals surface area contributed by atoms with Gasteiger partial charge in [0, 0.05) is 13.2 Å². The van der Waals surface area contributed by atoms with E-state index < -0.39 is 0 Å². The van der Waals surface area contributed by atoms with Gasteiger partial charge in [-0.25, -0.2) is 9.78 Å². The van der Waals surface area contributed by atoms with Crippen LogP contribution in [0.2, 0.25) is 0 Å². The number of aryl methyl sites for hydroxylation is 1. The van der Waals surface area contributed by atoms with Crippen molar-refractivity contribution in [2.45, 2.75) is 0 Å². The average molecular weight is 149 g/mol. The van der Waals surface area contributed by atoms with Crippen molar-refractivity contribution >= 4 is 5.65 Å². The van der Waals surface area contributed by atoms with Gasteiger partial charge in [-0.15, -0.1) is 0 Å². The van der Waals surface area contributed by atoms with Crippen LogP contribution in [0.3, 0.4) is 0 Å². The third kappa shape index (κ3) is 0.756. The molecule has 2 aromatic rings. The van der Waals surface area contributed by atoms with Crippen molar-refractivity contribution < 1.29 is 0 Å². The summed E-state index contributed by atoms with van der Waals surface area (Å²) in [6.45, 7) is 0. The lowest BCUT2D eigenvalue weighted by atomic mass is 10.6. The molecule has 0 aliphatic carbocycles. The fourth-order valence-electron chi connectivity index (χ4n) is 1.00. The third-order valence-corrected chi connectivity index (χ3v) is 1.60. The second-order valence-electron chi connectivity index (χ2n) is 2.37. The second-order valence-corrected chi connectivity index (χ2v) is 2.37. The maximum Gasteiger partial charge on any atom is 0.334 e. The molecule has 0 aliphatic rings. The molecular weight excluding hydrogens is 142 g/mol. The van der Waals surface area contributed by atoms with Crippen molar-refractivity contribution in [1.29, 1.82) is 0 Å². The monoisotopic (exact) mass is 149 g/mol. The zero-order chi connectivity index (χ0) is 7.84. The molecule has 0 aromatic carbocycles. The van der Waals surface area contributed by atoms with E-state index >= 15 is 0 Å². The highest BCUT2D eigenvalue weighted by molar-refractivity contribution is 5.36. The summed E-state index contributed by atoms with van der Waals surface area (Å²) >= 11 is 0. The standard InChI is InChI=1S/C7H7N3O/c1-9-5-8-6-3-2-4-10(6)7(9)11/h2-5H,1H3. The van der Waals surface area contributed by atoms with E-state index in [-0.39, 0.29) is 5.69 Å². The second kappa shape index (κ2) is 1.95. The summed E-state index contributed by atoms with van der Waals surface area (Å²) in [6, 6.07) is 3.59. The van der Waals surface area contributed by atoms with Crippen molar-refractivity contribution in [2.75, 3.05) is 0 Å². The van der Waals surface area contributed by atoms with Crippen LogP contribution in [-0.4, -0.2) is 14.0 Å². The van der Waals surface area contributed by atoms with E-state index in [9.17, 15) is 4.79 Å². The molecule has 0 aliphatic heterocycles. The van der Waals surface area contributed by atoms with E-state index in [1.165, 1.54) is 15.3 Å². The Kier molecular flexibility index (Phi) is 1.09. The predicted octanol–water partition coefficient (Wildman–Crippen LogP) is 0.0330. The molecule has 0 unspecified atom stereocenters. The van der Waals surface area contributed by atoms with Crippen LogP contribution in [0.5, 0.6) is 0 Å². The molecule has 0 fully saturated rings. The average Bonchev–Trinajstić information content (AvgIpc) is 2.45. The summed E-state index contributed by atoms with van der Waals surface area (Å²) in [5, 5.41) is 0. The maximum atomic E-state index is 11.3. The van der Waals surface area contributed by atoms with Gasteiger partial charge in [-0.05, 0) is 12.1 Å². The summed E-state index contributed by atoms with van der Waals surface area (Å²) < 4.78 is 2.94. The number of hydrogen-bond donors (Lipinski definition) is 0. The zero-order valence-electron chi connectivity index (χ0n) is 6.06. The van der Waals surface area contributed by atoms with Gasteiger partial charge in [-0.3, -0.25) is 8.97 Å². The molecule has 56 valence electrons. The van der Waals surface area contributed by atoms with Crippen LogP contribution in [-0.2, 0) is 7.05 Å². The Balaban J connectivity index is 3.05. The van der Waals surface area contributed by atoms with Crippen LogP contribution in [0.4, 0.5) is 0 Å². The number of hydrogen-bond acceptors (Lipinski definition) is 2. The molecule has 2 heterocycles. The fraction of sp³-hybridized carbons (Fsp3) is 0.143. The van der Waals surface area contributed by atoms with E-state index in [4.69, 9.17) is 0 Å². The minimum atomic E-state index is -0.0694. The number of aromatic nitrogens is 3. The van der Waals surface area contributed by atoms with Crippen LogP contribution in [0.1, 0.15) is 0 Å². The smallest absolute Gasteiger partial charge is 0.287 e. The largest absolute Gasteiger partial charge is 0.334 e. The molecule has 0 saturated heterocycles. The van der Waals surface area contributed by atoms with Crippen LogP contribution in [0.25, 0.3) is 5.65 Å². The molecule has 0 bridgehead atoms. The molecule has 4 heteroatoms. The van der Waals surface area contributed by atoms with Gasteiger partial charge in [-0.1, -0.05) is 0 Å². The van der Waals surface area contributed by atoms with Gasteiger partial charge < -0.3 is 0 Å². The highest BCUT2D eigenvalue weighted by Gasteiger charge is 1.96. The molecule has 0 radical (unpaired) electrons. The lowest BCUT2D eigenvalue weighted by molar-refractivity contribution is 0.759. The van der Waals surface area contributed by atoms with Gasteiger partial charge in [0.1, 0.15) is 12.0 Å². The van der Waals surface area contributed by atoms with E-state index in [1.54, 1.807) is 25.4 Å². The minimum Gasteiger partial charge on any atom is -0.287 e. The van der Waals surface area contributed by atoms with Crippen molar-refractivity contribution in [1.82, 2.24) is 14.0 Å². The molecule has 2 aromatic heterocycles. The van der Waals surface area contributed by atoms with E-state index in [0.29, 0.717) is 5.65 Å². The predicted molar refractivity (Wildman–Crippen MR) is 40.4 cm³/mol. The van der Waals surface area contributed by atoms with Gasteiger partial charge >= 0.3 is 5.69 Å². The van der Waals surface area contributed by atoms with E-state index in [0.717, 1.165) is 0 Å². The Bertz CT molecular complexity index is 440. The lowest BCUT2D eigenvalue weighted by Crippen LogP contribution is -2.23. The van der Waals surface area contributed by atoms with Crippen molar-refractivity contribution in [3.05, 3.63) is 35.1 Å². The molecular formula is C7H7N3O. The first-order valence-electron chi connectivity index (χ1n) is 3.28. The van der Waals surface area contributed by atoms with E-state index in [1.807, 2.05) is 0 Å². The van der Waals surface area contributed by atoms with Crippen LogP contribution in [0.15, 0.2) is 29.5 Å². The Morgan fingerprint density at radius 1 is 1.55 bits per heavy atom. The minimum absolute atomic E-state index is 0.0694. The molecule has 0 spiro atoms. The molecule has 11 heavy (non-hydrogen) atoms. The molecule has 0 N–H and O–H groups in total. The molecule has 0 saturated carbocycles. The van der Waals surface area contributed by atoms with Gasteiger partial charge in [0.05, 0.1) is 0 Å². The van der Waals surface area contributed by atoms with Crippen molar-refractivity contribution in [3.63, 3.8) is 0 Å². The topological polar surface area (TPSA) is 39.3 Å². The fourth-order valence-corrected chi connectivity index (χ4v) is 1.00. The summed E-state index contributed by atoms with van der Waals surface area (Å²) in [7, 11) is 1.68. The Labute approximate surface area is 62.7 Å². The van der Waals surface area contributed by atoms with Gasteiger partial charge in [0.2, 0.25) is 0 Å². The molecule has 4 nitrogen and oxygen atoms in total. The molecule has 0 amide bonds. The first-order chi connectivity index (χ1) is 5.29. The van der Waals surface area contributed by atoms with Crippen LogP contribution in [0, 0.1) is 0 Å². The van der Waals surface area contributed by atoms with Gasteiger partial charge in [0.15, 0.2) is 0 Å². The summed E-state index contributed by atoms with van der Waals surface area (Å²) in [4.78, 5) is 15.3. The number of fused-ring (bicyclic) bond motifs is 1. The zero-order valence-corrected chi connectivity index (χ0v) is 6.06. The Morgan fingerprint density at radius 2 is 2.36 bits per heavy atom.